The van der Waals surface area contributed by atoms with Gasteiger partial charge in [0.15, 0.2) is 5.60 Å². The van der Waals surface area contributed by atoms with E-state index < -0.39 is 29.1 Å². The smallest absolute Gasteiger partial charge is 0.408 e. The predicted molar refractivity (Wildman–Crippen MR) is 116 cm³/mol. The van der Waals surface area contributed by atoms with Crippen molar-refractivity contribution in [3.05, 3.63) is 59.7 Å². The Labute approximate surface area is 185 Å². The van der Waals surface area contributed by atoms with E-state index in [9.17, 15) is 19.5 Å². The third kappa shape index (κ3) is 3.60. The largest absolute Gasteiger partial charge is 0.479 e. The van der Waals surface area contributed by atoms with Gasteiger partial charge < -0.3 is 25.2 Å². The molecule has 3 N–H and O–H groups in total. The van der Waals surface area contributed by atoms with E-state index in [0.29, 0.717) is 0 Å². The van der Waals surface area contributed by atoms with Crippen molar-refractivity contribution in [1.29, 1.82) is 0 Å². The van der Waals surface area contributed by atoms with Crippen LogP contribution in [0.15, 0.2) is 48.5 Å². The third-order valence-corrected chi connectivity index (χ3v) is 6.49. The number of carboxylic acid groups (broad SMARTS) is 1. The van der Waals surface area contributed by atoms with Crippen molar-refractivity contribution >= 4 is 18.0 Å². The van der Waals surface area contributed by atoms with Gasteiger partial charge in [-0.1, -0.05) is 55.5 Å². The maximum absolute atomic E-state index is 12.9. The number of β-amino-alcohol motifs (C(OH)–C–C–N with tert-alkyl or cyclic N) is 1. The summed E-state index contributed by atoms with van der Waals surface area (Å²) >= 11 is 0. The minimum atomic E-state index is -1.94. The second-order valence-corrected chi connectivity index (χ2v) is 8.63. The zero-order valence-electron chi connectivity index (χ0n) is 18.0. The molecule has 4 rings (SSSR count). The van der Waals surface area contributed by atoms with Gasteiger partial charge in [-0.15, -0.1) is 0 Å². The summed E-state index contributed by atoms with van der Waals surface area (Å²) in [6.45, 7) is 2.79. The summed E-state index contributed by atoms with van der Waals surface area (Å²) in [4.78, 5) is 37.8. The molecule has 32 heavy (non-hydrogen) atoms. The van der Waals surface area contributed by atoms with Crippen molar-refractivity contribution in [2.45, 2.75) is 37.3 Å². The molecule has 0 spiro atoms. The zero-order valence-corrected chi connectivity index (χ0v) is 18.0. The van der Waals surface area contributed by atoms with Crippen LogP contribution in [0.4, 0.5) is 4.79 Å². The van der Waals surface area contributed by atoms with Crippen LogP contribution in [0.25, 0.3) is 11.1 Å². The summed E-state index contributed by atoms with van der Waals surface area (Å²) in [6.07, 6.45) is -0.448. The molecule has 168 valence electrons. The monoisotopic (exact) mass is 438 g/mol. The molecule has 1 fully saturated rings. The fourth-order valence-corrected chi connectivity index (χ4v) is 4.37. The highest BCUT2D eigenvalue weighted by atomic mass is 16.5. The SMILES string of the molecule is CCC(C)(NC(=O)OCC1c2ccccc2-c2ccccc21)C(=O)N1CC(O)(C(=O)O)C1. The lowest BCUT2D eigenvalue weighted by Crippen LogP contribution is -2.71. The second kappa shape index (κ2) is 7.94. The highest BCUT2D eigenvalue weighted by Gasteiger charge is 2.53. The number of nitrogens with zero attached hydrogens (tertiary/aromatic N) is 1. The molecule has 1 aliphatic carbocycles. The van der Waals surface area contributed by atoms with Gasteiger partial charge >= 0.3 is 12.1 Å². The van der Waals surface area contributed by atoms with Gasteiger partial charge in [0, 0.05) is 5.92 Å². The van der Waals surface area contributed by atoms with Crippen molar-refractivity contribution in [1.82, 2.24) is 10.2 Å². The molecule has 8 nitrogen and oxygen atoms in total. The third-order valence-electron chi connectivity index (χ3n) is 6.49. The summed E-state index contributed by atoms with van der Waals surface area (Å²) in [5.74, 6) is -1.93. The van der Waals surface area contributed by atoms with Crippen LogP contribution in [-0.4, -0.2) is 63.9 Å². The van der Waals surface area contributed by atoms with E-state index in [-0.39, 0.29) is 32.0 Å². The molecule has 8 heteroatoms. The van der Waals surface area contributed by atoms with Crippen LogP contribution in [0.2, 0.25) is 0 Å². The van der Waals surface area contributed by atoms with E-state index in [1.54, 1.807) is 13.8 Å². The molecule has 1 saturated heterocycles. The molecule has 2 aliphatic rings. The zero-order chi connectivity index (χ0) is 23.1. The molecule has 1 unspecified atom stereocenters. The Morgan fingerprint density at radius 3 is 2.12 bits per heavy atom. The molecule has 0 saturated carbocycles. The summed E-state index contributed by atoms with van der Waals surface area (Å²) in [7, 11) is 0. The second-order valence-electron chi connectivity index (χ2n) is 8.63. The van der Waals surface area contributed by atoms with E-state index in [4.69, 9.17) is 9.84 Å². The minimum Gasteiger partial charge on any atom is -0.479 e. The minimum absolute atomic E-state index is 0.0994. The number of nitrogens with one attached hydrogen (secondary N) is 1. The predicted octanol–water partition coefficient (Wildman–Crippen LogP) is 2.35. The molecule has 1 aliphatic heterocycles. The van der Waals surface area contributed by atoms with E-state index >= 15 is 0 Å². The molecule has 2 aromatic rings. The van der Waals surface area contributed by atoms with Gasteiger partial charge in [-0.25, -0.2) is 9.59 Å². The maximum atomic E-state index is 12.9. The van der Waals surface area contributed by atoms with Gasteiger partial charge in [0.05, 0.1) is 13.1 Å². The van der Waals surface area contributed by atoms with Crippen molar-refractivity contribution in [3.8, 4) is 11.1 Å². The summed E-state index contributed by atoms with van der Waals surface area (Å²) in [5, 5.41) is 21.6. The average molecular weight is 438 g/mol. The van der Waals surface area contributed by atoms with Gasteiger partial charge in [-0.05, 0) is 35.6 Å². The van der Waals surface area contributed by atoms with Crippen LogP contribution in [0.3, 0.4) is 0 Å². The van der Waals surface area contributed by atoms with Crippen molar-refractivity contribution in [3.63, 3.8) is 0 Å². The lowest BCUT2D eigenvalue weighted by molar-refractivity contribution is -0.184. The molecular weight excluding hydrogens is 412 g/mol. The molecule has 0 bridgehead atoms. The fraction of sp³-hybridized carbons (Fsp3) is 0.375. The molecular formula is C24H26N2O6. The number of fused-ring (bicyclic) bond motifs is 3. The normalized spacial score (nSPS) is 18.0. The number of aliphatic hydroxyl groups is 1. The van der Waals surface area contributed by atoms with Crippen molar-refractivity contribution in [2.75, 3.05) is 19.7 Å². The molecule has 0 radical (unpaired) electrons. The Bertz CT molecular complexity index is 1030. The van der Waals surface area contributed by atoms with E-state index in [2.05, 4.69) is 5.32 Å². The number of carbonyl (C=O) groups excluding carboxylic acids is 2. The Morgan fingerprint density at radius 2 is 1.62 bits per heavy atom. The highest BCUT2D eigenvalue weighted by Crippen LogP contribution is 2.44. The average Bonchev–Trinajstić information content (AvgIpc) is 3.08. The van der Waals surface area contributed by atoms with Crippen LogP contribution < -0.4 is 5.32 Å². The van der Waals surface area contributed by atoms with Crippen LogP contribution >= 0.6 is 0 Å². The molecule has 0 aromatic heterocycles. The Hall–Kier alpha value is -3.39. The number of hydrogen-bond donors (Lipinski definition) is 3. The lowest BCUT2D eigenvalue weighted by Gasteiger charge is -2.46. The summed E-state index contributed by atoms with van der Waals surface area (Å²) < 4.78 is 5.53. The molecule has 2 amide bonds. The number of ether oxygens (including phenoxy) is 1. The highest BCUT2D eigenvalue weighted by molar-refractivity contribution is 5.92. The first kappa shape index (κ1) is 21.8. The number of carboxylic acids is 1. The Morgan fingerprint density at radius 1 is 1.09 bits per heavy atom. The van der Waals surface area contributed by atoms with Crippen LogP contribution in [0.5, 0.6) is 0 Å². The number of carbonyl (C=O) groups is 3. The standard InChI is InChI=1S/C24H26N2O6/c1-3-23(2,20(27)26-13-24(31,14-26)21(28)29)25-22(30)32-12-19-17-10-6-4-8-15(17)16-9-5-7-11-18(16)19/h4-11,19,31H,3,12-14H2,1-2H3,(H,25,30)(H,28,29). The number of likely N-dealkylation sites (tertiary alicyclic amines) is 1. The van der Waals surface area contributed by atoms with E-state index in [1.807, 2.05) is 48.5 Å². The first-order chi connectivity index (χ1) is 15.2. The number of rotatable bonds is 6. The van der Waals surface area contributed by atoms with Crippen molar-refractivity contribution in [2.24, 2.45) is 0 Å². The molecule has 1 atom stereocenters. The summed E-state index contributed by atoms with van der Waals surface area (Å²) in [6, 6.07) is 16.0. The number of aliphatic carboxylic acids is 1. The lowest BCUT2D eigenvalue weighted by atomic mass is 9.89. The number of hydrogen-bond acceptors (Lipinski definition) is 5. The summed E-state index contributed by atoms with van der Waals surface area (Å²) in [5.41, 5.74) is 1.20. The quantitative estimate of drug-likeness (QED) is 0.638. The van der Waals surface area contributed by atoms with Gasteiger partial charge in [-0.3, -0.25) is 4.79 Å². The van der Waals surface area contributed by atoms with Gasteiger partial charge in [0.2, 0.25) is 5.91 Å². The van der Waals surface area contributed by atoms with Gasteiger partial charge in [0.25, 0.3) is 0 Å². The number of alkyl carbamates (subject to hydrolysis) is 1. The van der Waals surface area contributed by atoms with Gasteiger partial charge in [-0.2, -0.15) is 0 Å². The van der Waals surface area contributed by atoms with E-state index in [1.165, 1.54) is 4.90 Å². The first-order valence-electron chi connectivity index (χ1n) is 10.6. The molecule has 2 aromatic carbocycles. The topological polar surface area (TPSA) is 116 Å². The molecule has 1 heterocycles. The van der Waals surface area contributed by atoms with Crippen molar-refractivity contribution < 1.29 is 29.3 Å². The maximum Gasteiger partial charge on any atom is 0.408 e. The van der Waals surface area contributed by atoms with Crippen LogP contribution in [-0.2, 0) is 14.3 Å². The van der Waals surface area contributed by atoms with Crippen LogP contribution in [0, 0.1) is 0 Å². The number of benzene rings is 2. The van der Waals surface area contributed by atoms with Crippen LogP contribution in [0.1, 0.15) is 37.3 Å². The Balaban J connectivity index is 1.41. The van der Waals surface area contributed by atoms with E-state index in [0.717, 1.165) is 22.3 Å². The van der Waals surface area contributed by atoms with Gasteiger partial charge in [0.1, 0.15) is 12.1 Å². The first-order valence-corrected chi connectivity index (χ1v) is 10.6. The Kier molecular flexibility index (Phi) is 5.42. The fourth-order valence-electron chi connectivity index (χ4n) is 4.37. The number of amides is 2.